The van der Waals surface area contributed by atoms with Crippen LogP contribution in [0, 0.1) is 0 Å². The maximum atomic E-state index is 12.7. The van der Waals surface area contributed by atoms with Crippen LogP contribution < -0.4 is 5.32 Å². The van der Waals surface area contributed by atoms with Crippen LogP contribution in [0.15, 0.2) is 0 Å². The predicted molar refractivity (Wildman–Crippen MR) is 85.5 cm³/mol. The molecule has 0 spiro atoms. The van der Waals surface area contributed by atoms with Crippen molar-refractivity contribution >= 4 is 10.2 Å². The van der Waals surface area contributed by atoms with Gasteiger partial charge in [0.25, 0.3) is 10.2 Å². The first kappa shape index (κ1) is 17.1. The third-order valence-corrected chi connectivity index (χ3v) is 6.52. The van der Waals surface area contributed by atoms with Crippen molar-refractivity contribution in [2.45, 2.75) is 38.6 Å². The molecule has 1 unspecified atom stereocenters. The summed E-state index contributed by atoms with van der Waals surface area (Å²) < 4.78 is 28.6. The highest BCUT2D eigenvalue weighted by atomic mass is 32.2. The minimum Gasteiger partial charge on any atom is -0.317 e. The maximum Gasteiger partial charge on any atom is 0.281 e. The molecule has 0 aromatic heterocycles. The van der Waals surface area contributed by atoms with E-state index < -0.39 is 10.2 Å². The van der Waals surface area contributed by atoms with Crippen LogP contribution in [0.1, 0.15) is 32.6 Å². The fraction of sp³-hybridized carbons (Fsp3) is 1.00. The molecule has 2 aliphatic heterocycles. The quantitative estimate of drug-likeness (QED) is 0.688. The number of nitrogens with one attached hydrogen (secondary N) is 1. The lowest BCUT2D eigenvalue weighted by Crippen LogP contribution is -2.46. The molecule has 2 aliphatic rings. The van der Waals surface area contributed by atoms with Crippen molar-refractivity contribution in [3.05, 3.63) is 0 Å². The highest BCUT2D eigenvalue weighted by Gasteiger charge is 2.35. The number of nitrogens with zero attached hydrogens (tertiary/aromatic N) is 3. The Morgan fingerprint density at radius 3 is 2.76 bits per heavy atom. The Kier molecular flexibility index (Phi) is 6.43. The molecule has 0 aromatic rings. The Labute approximate surface area is 129 Å². The van der Waals surface area contributed by atoms with Gasteiger partial charge < -0.3 is 5.32 Å². The molecule has 1 atom stereocenters. The standard InChI is InChI=1S/C14H30N4O2S/c1-3-15-8-5-9-16(2)21(19,20)18-12-6-11-17-10-4-7-14(17)13-18/h14-15H,3-13H2,1-2H3. The SMILES string of the molecule is CCNCCCN(C)S(=O)(=O)N1CCCN2CCCC2C1. The van der Waals surface area contributed by atoms with E-state index in [1.165, 1.54) is 10.7 Å². The molecule has 2 heterocycles. The van der Waals surface area contributed by atoms with Crippen molar-refractivity contribution in [3.8, 4) is 0 Å². The zero-order chi connectivity index (χ0) is 15.3. The average molecular weight is 318 g/mol. The van der Waals surface area contributed by atoms with E-state index in [2.05, 4.69) is 17.1 Å². The normalized spacial score (nSPS) is 25.2. The van der Waals surface area contributed by atoms with Crippen LogP contribution in [-0.2, 0) is 10.2 Å². The lowest BCUT2D eigenvalue weighted by atomic mass is 10.2. The van der Waals surface area contributed by atoms with E-state index in [4.69, 9.17) is 0 Å². The Balaban J connectivity index is 1.91. The van der Waals surface area contributed by atoms with E-state index in [-0.39, 0.29) is 0 Å². The topological polar surface area (TPSA) is 55.9 Å². The molecular weight excluding hydrogens is 288 g/mol. The van der Waals surface area contributed by atoms with Gasteiger partial charge in [0.2, 0.25) is 0 Å². The summed E-state index contributed by atoms with van der Waals surface area (Å²) in [5, 5.41) is 3.23. The average Bonchev–Trinajstić information content (AvgIpc) is 2.80. The molecule has 1 N–H and O–H groups in total. The lowest BCUT2D eigenvalue weighted by molar-refractivity contribution is 0.254. The van der Waals surface area contributed by atoms with Crippen molar-refractivity contribution in [2.75, 3.05) is 52.9 Å². The van der Waals surface area contributed by atoms with E-state index in [0.29, 0.717) is 25.7 Å². The van der Waals surface area contributed by atoms with E-state index in [1.54, 1.807) is 11.4 Å². The van der Waals surface area contributed by atoms with Gasteiger partial charge in [-0.3, -0.25) is 4.90 Å². The molecule has 0 bridgehead atoms. The summed E-state index contributed by atoms with van der Waals surface area (Å²) in [5.41, 5.74) is 0. The highest BCUT2D eigenvalue weighted by molar-refractivity contribution is 7.86. The number of hydrogen-bond donors (Lipinski definition) is 1. The summed E-state index contributed by atoms with van der Waals surface area (Å²) in [4.78, 5) is 2.46. The van der Waals surface area contributed by atoms with Crippen LogP contribution >= 0.6 is 0 Å². The van der Waals surface area contributed by atoms with Gasteiger partial charge in [0.05, 0.1) is 0 Å². The van der Waals surface area contributed by atoms with Crippen LogP contribution in [0.3, 0.4) is 0 Å². The molecule has 2 saturated heterocycles. The summed E-state index contributed by atoms with van der Waals surface area (Å²) in [6.45, 7) is 7.95. The predicted octanol–water partition coefficient (Wildman–Crippen LogP) is 0.333. The van der Waals surface area contributed by atoms with E-state index >= 15 is 0 Å². The van der Waals surface area contributed by atoms with Crippen LogP contribution in [0.2, 0.25) is 0 Å². The fourth-order valence-corrected chi connectivity index (χ4v) is 4.77. The van der Waals surface area contributed by atoms with Gasteiger partial charge in [-0.25, -0.2) is 0 Å². The van der Waals surface area contributed by atoms with Crippen LogP contribution in [0.4, 0.5) is 0 Å². The number of hydrogen-bond acceptors (Lipinski definition) is 4. The first-order valence-electron chi connectivity index (χ1n) is 8.22. The van der Waals surface area contributed by atoms with E-state index in [1.807, 2.05) is 0 Å². The van der Waals surface area contributed by atoms with Gasteiger partial charge >= 0.3 is 0 Å². The Morgan fingerprint density at radius 1 is 1.24 bits per heavy atom. The second kappa shape index (κ2) is 7.87. The van der Waals surface area contributed by atoms with Crippen molar-refractivity contribution in [1.29, 1.82) is 0 Å². The fourth-order valence-electron chi connectivity index (χ4n) is 3.30. The zero-order valence-electron chi connectivity index (χ0n) is 13.4. The largest absolute Gasteiger partial charge is 0.317 e. The van der Waals surface area contributed by atoms with Gasteiger partial charge in [0.15, 0.2) is 0 Å². The van der Waals surface area contributed by atoms with Crippen molar-refractivity contribution in [3.63, 3.8) is 0 Å². The number of fused-ring (bicyclic) bond motifs is 1. The van der Waals surface area contributed by atoms with Gasteiger partial charge in [-0.2, -0.15) is 17.0 Å². The smallest absolute Gasteiger partial charge is 0.281 e. The monoisotopic (exact) mass is 318 g/mol. The molecule has 0 aromatic carbocycles. The van der Waals surface area contributed by atoms with Gasteiger partial charge in [-0.05, 0) is 51.9 Å². The van der Waals surface area contributed by atoms with Crippen LogP contribution in [0.5, 0.6) is 0 Å². The third-order valence-electron chi connectivity index (χ3n) is 4.56. The molecule has 2 rings (SSSR count). The summed E-state index contributed by atoms with van der Waals surface area (Å²) in [7, 11) is -1.59. The summed E-state index contributed by atoms with van der Waals surface area (Å²) in [6, 6.07) is 0.428. The van der Waals surface area contributed by atoms with Gasteiger partial charge in [-0.1, -0.05) is 6.92 Å². The minimum absolute atomic E-state index is 0.428. The first-order valence-corrected chi connectivity index (χ1v) is 9.61. The summed E-state index contributed by atoms with van der Waals surface area (Å²) >= 11 is 0. The minimum atomic E-state index is -3.30. The van der Waals surface area contributed by atoms with Crippen molar-refractivity contribution < 1.29 is 8.42 Å². The molecule has 21 heavy (non-hydrogen) atoms. The molecule has 0 saturated carbocycles. The Morgan fingerprint density at radius 2 is 2.00 bits per heavy atom. The third kappa shape index (κ3) is 4.39. The molecule has 2 fully saturated rings. The zero-order valence-corrected chi connectivity index (χ0v) is 14.2. The summed E-state index contributed by atoms with van der Waals surface area (Å²) in [6.07, 6.45) is 4.14. The molecular formula is C14H30N4O2S. The molecule has 124 valence electrons. The van der Waals surface area contributed by atoms with Gasteiger partial charge in [-0.15, -0.1) is 0 Å². The second-order valence-electron chi connectivity index (χ2n) is 6.08. The van der Waals surface area contributed by atoms with Gasteiger partial charge in [0, 0.05) is 32.7 Å². The van der Waals surface area contributed by atoms with Crippen LogP contribution in [0.25, 0.3) is 0 Å². The highest BCUT2D eigenvalue weighted by Crippen LogP contribution is 2.23. The number of rotatable bonds is 7. The second-order valence-corrected chi connectivity index (χ2v) is 8.12. The Bertz CT molecular complexity index is 415. The summed E-state index contributed by atoms with van der Waals surface area (Å²) in [5.74, 6) is 0. The van der Waals surface area contributed by atoms with E-state index in [0.717, 1.165) is 45.4 Å². The Hall–Kier alpha value is -0.210. The first-order chi connectivity index (χ1) is 10.1. The van der Waals surface area contributed by atoms with Crippen molar-refractivity contribution in [1.82, 2.24) is 18.8 Å². The molecule has 0 amide bonds. The molecule has 0 aliphatic carbocycles. The van der Waals surface area contributed by atoms with E-state index in [9.17, 15) is 8.42 Å². The van der Waals surface area contributed by atoms with Crippen LogP contribution in [-0.4, -0.2) is 80.8 Å². The lowest BCUT2D eigenvalue weighted by Gasteiger charge is -2.29. The van der Waals surface area contributed by atoms with Gasteiger partial charge in [0.1, 0.15) is 0 Å². The maximum absolute atomic E-state index is 12.7. The molecule has 7 heteroatoms. The molecule has 6 nitrogen and oxygen atoms in total. The molecule has 0 radical (unpaired) electrons. The van der Waals surface area contributed by atoms with Crippen molar-refractivity contribution in [2.24, 2.45) is 0 Å².